The summed E-state index contributed by atoms with van der Waals surface area (Å²) >= 11 is 13.4. The number of carbonyl (C=O) groups excluding carboxylic acids is 1. The van der Waals surface area contributed by atoms with Gasteiger partial charge in [0.15, 0.2) is 5.13 Å². The molecule has 1 aliphatic heterocycles. The smallest absolute Gasteiger partial charge is 0.261 e. The van der Waals surface area contributed by atoms with E-state index in [9.17, 15) is 13.2 Å². The summed E-state index contributed by atoms with van der Waals surface area (Å²) in [5.74, 6) is 0.304. The fourth-order valence-electron chi connectivity index (χ4n) is 3.51. The number of aromatic nitrogens is 1. The normalized spacial score (nSPS) is 18.2. The van der Waals surface area contributed by atoms with Crippen molar-refractivity contribution in [3.8, 4) is 11.3 Å². The van der Waals surface area contributed by atoms with Gasteiger partial charge >= 0.3 is 0 Å². The van der Waals surface area contributed by atoms with E-state index in [1.165, 1.54) is 46.8 Å². The molecule has 2 atom stereocenters. The summed E-state index contributed by atoms with van der Waals surface area (Å²) in [4.78, 5) is 18.6. The number of rotatable bonds is 6. The number of amides is 1. The van der Waals surface area contributed by atoms with Gasteiger partial charge in [0.2, 0.25) is 5.91 Å². The minimum atomic E-state index is -3.85. The monoisotopic (exact) mass is 519 g/mol. The quantitative estimate of drug-likeness (QED) is 0.266. The van der Waals surface area contributed by atoms with E-state index in [2.05, 4.69) is 9.71 Å². The number of hydrogen-bond acceptors (Lipinski definition) is 6. The Morgan fingerprint density at radius 1 is 1.06 bits per heavy atom. The number of anilines is 2. The highest BCUT2D eigenvalue weighted by Crippen LogP contribution is 2.44. The molecule has 33 heavy (non-hydrogen) atoms. The van der Waals surface area contributed by atoms with Crippen LogP contribution in [0, 0.1) is 0 Å². The third-order valence-electron chi connectivity index (χ3n) is 5.13. The van der Waals surface area contributed by atoms with Crippen LogP contribution in [-0.2, 0) is 14.8 Å². The molecule has 2 aromatic heterocycles. The van der Waals surface area contributed by atoms with E-state index in [0.717, 1.165) is 0 Å². The van der Waals surface area contributed by atoms with Crippen molar-refractivity contribution in [1.82, 2.24) is 4.98 Å². The summed E-state index contributed by atoms with van der Waals surface area (Å²) in [6, 6.07) is 15.8. The van der Waals surface area contributed by atoms with Gasteiger partial charge in [-0.3, -0.25) is 14.4 Å². The van der Waals surface area contributed by atoms with Crippen LogP contribution in [0.5, 0.6) is 0 Å². The minimum absolute atomic E-state index is 0.0845. The molecule has 7 nitrogen and oxygen atoms in total. The summed E-state index contributed by atoms with van der Waals surface area (Å²) in [6.45, 7) is 0. The second-order valence-corrected chi connectivity index (χ2v) is 10.6. The summed E-state index contributed by atoms with van der Waals surface area (Å²) < 4.78 is 33.8. The number of benzene rings is 2. The molecule has 2 unspecified atom stereocenters. The molecule has 0 radical (unpaired) electrons. The first-order valence-corrected chi connectivity index (χ1v) is 12.9. The molecular weight excluding hydrogens is 505 g/mol. The average molecular weight is 520 g/mol. The van der Waals surface area contributed by atoms with Crippen LogP contribution in [0.4, 0.5) is 10.8 Å². The Kier molecular flexibility index (Phi) is 5.65. The highest BCUT2D eigenvalue weighted by atomic mass is 35.5. The van der Waals surface area contributed by atoms with Crippen molar-refractivity contribution in [2.24, 2.45) is 0 Å². The van der Waals surface area contributed by atoms with Crippen LogP contribution in [0.25, 0.3) is 11.3 Å². The molecule has 5 rings (SSSR count). The SMILES string of the molecule is O=C1C(Cl)C(c2ccco2)N1c1nc(-c2ccccc2NS(=O)(=O)c2ccc(Cl)cc2)cs1. The van der Waals surface area contributed by atoms with E-state index in [4.69, 9.17) is 27.6 Å². The number of para-hydroxylation sites is 1. The molecule has 1 aliphatic rings. The van der Waals surface area contributed by atoms with E-state index in [1.807, 2.05) is 0 Å². The summed E-state index contributed by atoms with van der Waals surface area (Å²) in [5.41, 5.74) is 1.45. The van der Waals surface area contributed by atoms with Gasteiger partial charge < -0.3 is 4.42 Å². The average Bonchev–Trinajstić information content (AvgIpc) is 3.49. The molecule has 1 N–H and O–H groups in total. The summed E-state index contributed by atoms with van der Waals surface area (Å²) in [5, 5.41) is 1.92. The molecule has 2 aromatic carbocycles. The molecule has 11 heteroatoms. The molecule has 3 heterocycles. The van der Waals surface area contributed by atoms with Gasteiger partial charge in [-0.05, 0) is 42.5 Å². The number of thiazole rings is 1. The van der Waals surface area contributed by atoms with E-state index in [-0.39, 0.29) is 10.8 Å². The zero-order valence-corrected chi connectivity index (χ0v) is 19.8. The number of nitrogens with zero attached hydrogens (tertiary/aromatic N) is 2. The number of alkyl halides is 1. The Labute approximate surface area is 203 Å². The number of halogens is 2. The number of β-lactam (4-membered cyclic amide) rings is 1. The van der Waals surface area contributed by atoms with Gasteiger partial charge in [-0.2, -0.15) is 0 Å². The fourth-order valence-corrected chi connectivity index (χ4v) is 5.92. The van der Waals surface area contributed by atoms with Crippen molar-refractivity contribution < 1.29 is 17.6 Å². The van der Waals surface area contributed by atoms with Crippen molar-refractivity contribution in [2.75, 3.05) is 9.62 Å². The van der Waals surface area contributed by atoms with Gasteiger partial charge in [-0.25, -0.2) is 13.4 Å². The van der Waals surface area contributed by atoms with Crippen LogP contribution in [0.1, 0.15) is 11.8 Å². The number of sulfonamides is 1. The Bertz CT molecular complexity index is 1420. The molecule has 4 aromatic rings. The van der Waals surface area contributed by atoms with Crippen LogP contribution in [0.3, 0.4) is 0 Å². The van der Waals surface area contributed by atoms with E-state index >= 15 is 0 Å². The summed E-state index contributed by atoms with van der Waals surface area (Å²) in [6.07, 6.45) is 1.52. The predicted molar refractivity (Wildman–Crippen MR) is 128 cm³/mol. The van der Waals surface area contributed by atoms with Crippen LogP contribution in [0.15, 0.2) is 81.6 Å². The first kappa shape index (κ1) is 22.0. The van der Waals surface area contributed by atoms with Gasteiger partial charge in [0, 0.05) is 16.0 Å². The lowest BCUT2D eigenvalue weighted by atomic mass is 10.00. The number of hydrogen-bond donors (Lipinski definition) is 1. The molecule has 1 amide bonds. The van der Waals surface area contributed by atoms with Crippen LogP contribution < -0.4 is 9.62 Å². The van der Waals surface area contributed by atoms with E-state index < -0.39 is 21.4 Å². The highest BCUT2D eigenvalue weighted by Gasteiger charge is 2.50. The van der Waals surface area contributed by atoms with Crippen molar-refractivity contribution in [3.05, 3.63) is 83.1 Å². The number of nitrogens with one attached hydrogen (secondary N) is 1. The molecule has 1 fully saturated rings. The van der Waals surface area contributed by atoms with E-state index in [1.54, 1.807) is 41.8 Å². The largest absolute Gasteiger partial charge is 0.467 e. The van der Waals surface area contributed by atoms with Gasteiger partial charge in [-0.15, -0.1) is 22.9 Å². The molecule has 0 saturated carbocycles. The Morgan fingerprint density at radius 3 is 2.55 bits per heavy atom. The standard InChI is InChI=1S/C22H15Cl2N3O4S2/c23-13-7-9-14(10-8-13)33(29,30)26-16-5-2-1-4-15(16)17-12-32-22(25-17)27-20(19(24)21(27)28)18-6-3-11-31-18/h1-12,19-20,26H. The second kappa shape index (κ2) is 8.49. The lowest BCUT2D eigenvalue weighted by molar-refractivity contribution is -0.124. The predicted octanol–water partition coefficient (Wildman–Crippen LogP) is 5.55. The Balaban J connectivity index is 1.45. The maximum absolute atomic E-state index is 12.9. The molecule has 0 spiro atoms. The Morgan fingerprint density at radius 2 is 1.82 bits per heavy atom. The van der Waals surface area contributed by atoms with Crippen LogP contribution in [-0.4, -0.2) is 24.7 Å². The lowest BCUT2D eigenvalue weighted by Crippen LogP contribution is -2.56. The zero-order chi connectivity index (χ0) is 23.2. The first-order chi connectivity index (χ1) is 15.8. The zero-order valence-electron chi connectivity index (χ0n) is 16.7. The highest BCUT2D eigenvalue weighted by molar-refractivity contribution is 7.92. The van der Waals surface area contributed by atoms with Gasteiger partial charge in [0.25, 0.3) is 10.0 Å². The molecule has 1 saturated heterocycles. The van der Waals surface area contributed by atoms with Crippen LogP contribution >= 0.6 is 34.5 Å². The number of carbonyl (C=O) groups is 1. The summed E-state index contributed by atoms with van der Waals surface area (Å²) in [7, 11) is -3.85. The maximum Gasteiger partial charge on any atom is 0.261 e. The third kappa shape index (κ3) is 4.02. The third-order valence-corrected chi connectivity index (χ3v) is 8.03. The van der Waals surface area contributed by atoms with Crippen LogP contribution in [0.2, 0.25) is 5.02 Å². The molecule has 0 aliphatic carbocycles. The number of furan rings is 1. The first-order valence-electron chi connectivity index (χ1n) is 9.69. The molecule has 168 valence electrons. The van der Waals surface area contributed by atoms with Crippen molar-refractivity contribution in [2.45, 2.75) is 16.3 Å². The van der Waals surface area contributed by atoms with Gasteiger partial charge in [0.1, 0.15) is 17.2 Å². The Hall–Kier alpha value is -2.85. The topological polar surface area (TPSA) is 92.5 Å². The van der Waals surface area contributed by atoms with Crippen molar-refractivity contribution in [1.29, 1.82) is 0 Å². The van der Waals surface area contributed by atoms with Crippen molar-refractivity contribution in [3.63, 3.8) is 0 Å². The van der Waals surface area contributed by atoms with Gasteiger partial charge in [0.05, 0.1) is 22.5 Å². The fraction of sp³-hybridized carbons (Fsp3) is 0.0909. The second-order valence-electron chi connectivity index (χ2n) is 7.19. The molecule has 0 bridgehead atoms. The lowest BCUT2D eigenvalue weighted by Gasteiger charge is -2.41. The van der Waals surface area contributed by atoms with E-state index in [0.29, 0.717) is 32.9 Å². The minimum Gasteiger partial charge on any atom is -0.467 e. The maximum atomic E-state index is 12.9. The van der Waals surface area contributed by atoms with Gasteiger partial charge in [-0.1, -0.05) is 29.8 Å². The van der Waals surface area contributed by atoms with Crippen molar-refractivity contribution >= 4 is 61.3 Å². The molecular formula is C22H15Cl2N3O4S2.